The number of halogens is 3. The van der Waals surface area contributed by atoms with Crippen molar-refractivity contribution in [1.29, 1.82) is 10.7 Å². The number of hydrogen-bond donors (Lipinski definition) is 2. The summed E-state index contributed by atoms with van der Waals surface area (Å²) in [4.78, 5) is 10.6. The lowest BCUT2D eigenvalue weighted by Crippen LogP contribution is -2.59. The second-order valence-corrected chi connectivity index (χ2v) is 11.3. The van der Waals surface area contributed by atoms with Gasteiger partial charge in [0.1, 0.15) is 18.5 Å². The number of nitriles is 1. The van der Waals surface area contributed by atoms with E-state index in [1.54, 1.807) is 12.3 Å². The molecule has 5 rings (SSSR count). The first-order valence-electron chi connectivity index (χ1n) is 11.6. The topological polar surface area (TPSA) is 112 Å². The van der Waals surface area contributed by atoms with Crippen molar-refractivity contribution in [2.75, 3.05) is 35.2 Å². The molecule has 0 radical (unpaired) electrons. The van der Waals surface area contributed by atoms with Gasteiger partial charge in [0.05, 0.1) is 21.3 Å². The lowest BCUT2D eigenvalue weighted by atomic mass is 9.77. The number of aromatic nitrogens is 2. The van der Waals surface area contributed by atoms with E-state index >= 15 is 0 Å². The van der Waals surface area contributed by atoms with Gasteiger partial charge in [-0.2, -0.15) is 17.0 Å². The third-order valence-corrected chi connectivity index (χ3v) is 8.77. The molecule has 0 atom stereocenters. The Morgan fingerprint density at radius 3 is 2.68 bits per heavy atom. The Morgan fingerprint density at radius 1 is 1.24 bits per heavy atom. The molecule has 1 aromatic carbocycles. The summed E-state index contributed by atoms with van der Waals surface area (Å²) >= 11 is 14.3. The van der Waals surface area contributed by atoms with Crippen molar-refractivity contribution < 1.29 is 9.13 Å². The average molecular weight is 557 g/mol. The van der Waals surface area contributed by atoms with E-state index in [0.29, 0.717) is 38.0 Å². The van der Waals surface area contributed by atoms with Crippen molar-refractivity contribution in [1.82, 2.24) is 9.97 Å². The number of nitrogens with one attached hydrogen (secondary N) is 1. The van der Waals surface area contributed by atoms with E-state index in [-0.39, 0.29) is 29.3 Å². The van der Waals surface area contributed by atoms with Crippen molar-refractivity contribution in [3.05, 3.63) is 74.9 Å². The molecule has 37 heavy (non-hydrogen) atoms. The van der Waals surface area contributed by atoms with Crippen LogP contribution in [-0.2, 0) is 6.61 Å². The van der Waals surface area contributed by atoms with E-state index in [1.165, 1.54) is 37.1 Å². The molecule has 11 heteroatoms. The van der Waals surface area contributed by atoms with Crippen LogP contribution in [-0.4, -0.2) is 40.3 Å². The van der Waals surface area contributed by atoms with E-state index in [9.17, 15) is 9.65 Å². The quantitative estimate of drug-likeness (QED) is 0.295. The largest absolute Gasteiger partial charge is 0.486 e. The fourth-order valence-corrected chi connectivity index (χ4v) is 6.50. The van der Waals surface area contributed by atoms with Gasteiger partial charge in [0.25, 0.3) is 0 Å². The summed E-state index contributed by atoms with van der Waals surface area (Å²) in [5.41, 5.74) is 7.94. The first-order chi connectivity index (χ1) is 17.8. The Kier molecular flexibility index (Phi) is 7.17. The van der Waals surface area contributed by atoms with Crippen molar-refractivity contribution in [2.45, 2.75) is 19.4 Å². The van der Waals surface area contributed by atoms with E-state index < -0.39 is 5.82 Å². The lowest BCUT2D eigenvalue weighted by Gasteiger charge is -2.52. The predicted octanol–water partition coefficient (Wildman–Crippen LogP) is 5.70. The van der Waals surface area contributed by atoms with Gasteiger partial charge in [-0.15, -0.1) is 0 Å². The molecule has 2 aromatic heterocycles. The van der Waals surface area contributed by atoms with Crippen LogP contribution in [0.3, 0.4) is 0 Å². The van der Waals surface area contributed by atoms with Gasteiger partial charge in [0, 0.05) is 71.3 Å². The van der Waals surface area contributed by atoms with Crippen LogP contribution >= 0.6 is 35.0 Å². The van der Waals surface area contributed by atoms with Gasteiger partial charge < -0.3 is 15.4 Å². The summed E-state index contributed by atoms with van der Waals surface area (Å²) in [5.74, 6) is 2.18. The second-order valence-electron chi connectivity index (χ2n) is 9.33. The normalized spacial score (nSPS) is 16.2. The molecular formula is C26H23Cl2FN6OS. The molecule has 2 aliphatic rings. The molecule has 1 spiro atoms. The van der Waals surface area contributed by atoms with Crippen LogP contribution in [0.1, 0.15) is 35.1 Å². The lowest BCUT2D eigenvalue weighted by molar-refractivity contribution is 0.222. The van der Waals surface area contributed by atoms with Crippen molar-refractivity contribution >= 4 is 52.2 Å². The van der Waals surface area contributed by atoms with Crippen LogP contribution in [0.5, 0.6) is 5.75 Å². The highest BCUT2D eigenvalue weighted by Crippen LogP contribution is 2.44. The molecule has 2 saturated heterocycles. The van der Waals surface area contributed by atoms with Crippen molar-refractivity contribution in [2.24, 2.45) is 5.41 Å². The second kappa shape index (κ2) is 10.4. The number of nitrogens with zero attached hydrogens (tertiary/aromatic N) is 4. The molecule has 0 saturated carbocycles. The standard InChI is InChI=1S/C26H23Cl2FN6OS/c27-19-9-33-10-20(28)18(19)11-36-23-5-17(22(31)6-21(23)29)24(32)16-4-15(7-30)25(34-8-16)35-12-26(13-35)2-1-3-37-14-26/h4-6,8-10,32H,1-3,11-14,31H2. The highest BCUT2D eigenvalue weighted by Gasteiger charge is 2.44. The molecule has 2 fully saturated rings. The predicted molar refractivity (Wildman–Crippen MR) is 145 cm³/mol. The minimum Gasteiger partial charge on any atom is -0.486 e. The van der Waals surface area contributed by atoms with E-state index in [4.69, 9.17) is 39.1 Å². The molecule has 3 N–H and O–H groups in total. The van der Waals surface area contributed by atoms with Gasteiger partial charge in [-0.3, -0.25) is 10.4 Å². The van der Waals surface area contributed by atoms with E-state index in [1.807, 2.05) is 11.8 Å². The molecule has 0 amide bonds. The Morgan fingerprint density at radius 2 is 2.00 bits per heavy atom. The van der Waals surface area contributed by atoms with Crippen LogP contribution < -0.4 is 15.4 Å². The summed E-state index contributed by atoms with van der Waals surface area (Å²) in [5, 5.41) is 19.1. The summed E-state index contributed by atoms with van der Waals surface area (Å²) in [6.07, 6.45) is 6.82. The monoisotopic (exact) mass is 556 g/mol. The summed E-state index contributed by atoms with van der Waals surface area (Å²) in [6, 6.07) is 6.30. The van der Waals surface area contributed by atoms with Gasteiger partial charge in [0.15, 0.2) is 11.6 Å². The fourth-order valence-electron chi connectivity index (χ4n) is 4.78. The number of anilines is 2. The smallest absolute Gasteiger partial charge is 0.167 e. The third kappa shape index (κ3) is 5.06. The maximum absolute atomic E-state index is 14.6. The number of nitrogen functional groups attached to an aromatic ring is 1. The minimum absolute atomic E-state index is 0.00151. The molecule has 0 aliphatic carbocycles. The maximum atomic E-state index is 14.6. The number of ether oxygens (including phenoxy) is 1. The van der Waals surface area contributed by atoms with Gasteiger partial charge in [-0.05, 0) is 30.7 Å². The molecule has 190 valence electrons. The SMILES string of the molecule is N#Cc1cc(C(=N)c2cc(OCc3c(Cl)cncc3Cl)c(F)cc2N)cnc1N1CC2(CCCSC2)C1. The summed E-state index contributed by atoms with van der Waals surface area (Å²) < 4.78 is 20.3. The molecule has 7 nitrogen and oxygen atoms in total. The zero-order valence-corrected chi connectivity index (χ0v) is 22.1. The van der Waals surface area contributed by atoms with Gasteiger partial charge in [-0.25, -0.2) is 9.37 Å². The van der Waals surface area contributed by atoms with E-state index in [2.05, 4.69) is 20.9 Å². The molecule has 4 heterocycles. The first-order valence-corrected chi connectivity index (χ1v) is 13.5. The van der Waals surface area contributed by atoms with Gasteiger partial charge >= 0.3 is 0 Å². The summed E-state index contributed by atoms with van der Waals surface area (Å²) in [6.45, 7) is 1.67. The number of thioether (sulfide) groups is 1. The Hall–Kier alpha value is -3.06. The minimum atomic E-state index is -0.686. The zero-order chi connectivity index (χ0) is 26.2. The average Bonchev–Trinajstić information content (AvgIpc) is 2.87. The fraction of sp³-hybridized carbons (Fsp3) is 0.308. The van der Waals surface area contributed by atoms with E-state index in [0.717, 1.165) is 24.9 Å². The molecule has 0 bridgehead atoms. The third-order valence-electron chi connectivity index (χ3n) is 6.73. The Labute approximate surface area is 228 Å². The molecule has 2 aliphatic heterocycles. The Bertz CT molecular complexity index is 1390. The number of hydrogen-bond acceptors (Lipinski definition) is 8. The highest BCUT2D eigenvalue weighted by molar-refractivity contribution is 7.99. The number of rotatable bonds is 6. The molecule has 0 unspecified atom stereocenters. The Balaban J connectivity index is 1.36. The van der Waals surface area contributed by atoms with Crippen LogP contribution in [0.15, 0.2) is 36.8 Å². The zero-order valence-electron chi connectivity index (χ0n) is 19.7. The maximum Gasteiger partial charge on any atom is 0.167 e. The van der Waals surface area contributed by atoms with Gasteiger partial charge in [-0.1, -0.05) is 23.2 Å². The van der Waals surface area contributed by atoms with Gasteiger partial charge in [0.2, 0.25) is 0 Å². The van der Waals surface area contributed by atoms with Crippen LogP contribution in [0.25, 0.3) is 0 Å². The molecule has 3 aromatic rings. The number of nitrogens with two attached hydrogens (primary N) is 1. The first kappa shape index (κ1) is 25.6. The highest BCUT2D eigenvalue weighted by atomic mass is 35.5. The molecular weight excluding hydrogens is 534 g/mol. The number of benzene rings is 1. The summed E-state index contributed by atoms with van der Waals surface area (Å²) in [7, 11) is 0. The van der Waals surface area contributed by atoms with Crippen LogP contribution in [0.4, 0.5) is 15.9 Å². The number of pyridine rings is 2. The van der Waals surface area contributed by atoms with Crippen LogP contribution in [0.2, 0.25) is 10.0 Å². The van der Waals surface area contributed by atoms with Crippen molar-refractivity contribution in [3.8, 4) is 11.8 Å². The van der Waals surface area contributed by atoms with Crippen molar-refractivity contribution in [3.63, 3.8) is 0 Å². The van der Waals surface area contributed by atoms with Crippen LogP contribution in [0, 0.1) is 28.0 Å².